The Bertz CT molecular complexity index is 797. The molecule has 0 aromatic carbocycles. The molecular formula is C24H37N5O3. The third-order valence-corrected chi connectivity index (χ3v) is 7.16. The van der Waals surface area contributed by atoms with Gasteiger partial charge < -0.3 is 20.7 Å². The lowest BCUT2D eigenvalue weighted by Gasteiger charge is -2.35. The SMILES string of the molecule is C[C@H](CN1CCOCC1)C(=O)N1CCC(c2ccc(C(=O)NC3CCCC3)c(N)n2)CC1. The van der Waals surface area contributed by atoms with Gasteiger partial charge in [-0.1, -0.05) is 19.8 Å². The van der Waals surface area contributed by atoms with E-state index in [1.54, 1.807) is 0 Å². The zero-order chi connectivity index (χ0) is 22.5. The Morgan fingerprint density at radius 2 is 1.81 bits per heavy atom. The number of nitrogens with zero attached hydrogens (tertiary/aromatic N) is 3. The number of hydrogen-bond donors (Lipinski definition) is 2. The fourth-order valence-corrected chi connectivity index (χ4v) is 5.20. The molecule has 0 bridgehead atoms. The van der Waals surface area contributed by atoms with Gasteiger partial charge in [-0.05, 0) is 37.8 Å². The van der Waals surface area contributed by atoms with Gasteiger partial charge in [0.25, 0.3) is 5.91 Å². The van der Waals surface area contributed by atoms with Gasteiger partial charge in [-0.25, -0.2) is 4.98 Å². The molecule has 1 atom stereocenters. The molecule has 2 aliphatic heterocycles. The van der Waals surface area contributed by atoms with Crippen molar-refractivity contribution in [3.8, 4) is 0 Å². The number of piperidine rings is 1. The second-order valence-corrected chi connectivity index (χ2v) is 9.54. The maximum Gasteiger partial charge on any atom is 0.255 e. The lowest BCUT2D eigenvalue weighted by molar-refractivity contribution is -0.137. The zero-order valence-electron chi connectivity index (χ0n) is 19.2. The van der Waals surface area contributed by atoms with Gasteiger partial charge in [0, 0.05) is 56.3 Å². The van der Waals surface area contributed by atoms with Crippen LogP contribution in [0.25, 0.3) is 0 Å². The lowest BCUT2D eigenvalue weighted by Crippen LogP contribution is -2.46. The van der Waals surface area contributed by atoms with Gasteiger partial charge in [-0.3, -0.25) is 14.5 Å². The number of amides is 2. The maximum absolute atomic E-state index is 12.9. The molecule has 1 aromatic rings. The van der Waals surface area contributed by atoms with E-state index < -0.39 is 0 Å². The highest BCUT2D eigenvalue weighted by Gasteiger charge is 2.29. The molecule has 1 aromatic heterocycles. The van der Waals surface area contributed by atoms with Crippen molar-refractivity contribution >= 4 is 17.6 Å². The van der Waals surface area contributed by atoms with Gasteiger partial charge in [0.1, 0.15) is 5.82 Å². The molecular weight excluding hydrogens is 406 g/mol. The highest BCUT2D eigenvalue weighted by atomic mass is 16.5. The molecule has 2 saturated heterocycles. The molecule has 8 heteroatoms. The first kappa shape index (κ1) is 23.0. The molecule has 4 rings (SSSR count). The summed E-state index contributed by atoms with van der Waals surface area (Å²) < 4.78 is 5.40. The second-order valence-electron chi connectivity index (χ2n) is 9.54. The van der Waals surface area contributed by atoms with Crippen LogP contribution in [0.3, 0.4) is 0 Å². The summed E-state index contributed by atoms with van der Waals surface area (Å²) in [6.07, 6.45) is 6.17. The van der Waals surface area contributed by atoms with E-state index in [4.69, 9.17) is 10.5 Å². The summed E-state index contributed by atoms with van der Waals surface area (Å²) in [7, 11) is 0. The first-order valence-electron chi connectivity index (χ1n) is 12.2. The predicted molar refractivity (Wildman–Crippen MR) is 123 cm³/mol. The normalized spacial score (nSPS) is 22.1. The first-order chi connectivity index (χ1) is 15.5. The van der Waals surface area contributed by atoms with Crippen LogP contribution in [0.15, 0.2) is 12.1 Å². The van der Waals surface area contributed by atoms with E-state index >= 15 is 0 Å². The van der Waals surface area contributed by atoms with Crippen molar-refractivity contribution in [3.05, 3.63) is 23.4 Å². The molecule has 176 valence electrons. The molecule has 1 saturated carbocycles. The number of nitrogen functional groups attached to an aromatic ring is 1. The fraction of sp³-hybridized carbons (Fsp3) is 0.708. The molecule has 3 heterocycles. The highest BCUT2D eigenvalue weighted by Crippen LogP contribution is 2.29. The van der Waals surface area contributed by atoms with Crippen molar-refractivity contribution in [1.29, 1.82) is 0 Å². The monoisotopic (exact) mass is 443 g/mol. The van der Waals surface area contributed by atoms with Crippen molar-refractivity contribution < 1.29 is 14.3 Å². The Labute approximate surface area is 190 Å². The van der Waals surface area contributed by atoms with Crippen molar-refractivity contribution in [2.24, 2.45) is 5.92 Å². The number of anilines is 1. The van der Waals surface area contributed by atoms with Gasteiger partial charge >= 0.3 is 0 Å². The molecule has 2 amide bonds. The second kappa shape index (κ2) is 10.6. The van der Waals surface area contributed by atoms with Crippen LogP contribution in [0.2, 0.25) is 0 Å². The van der Waals surface area contributed by atoms with Crippen LogP contribution < -0.4 is 11.1 Å². The van der Waals surface area contributed by atoms with E-state index in [1.165, 1.54) is 12.8 Å². The van der Waals surface area contributed by atoms with Crippen LogP contribution in [-0.2, 0) is 9.53 Å². The molecule has 0 radical (unpaired) electrons. The number of aromatic nitrogens is 1. The van der Waals surface area contributed by atoms with Crippen molar-refractivity contribution in [3.63, 3.8) is 0 Å². The minimum atomic E-state index is -0.122. The van der Waals surface area contributed by atoms with Gasteiger partial charge in [0.15, 0.2) is 0 Å². The van der Waals surface area contributed by atoms with Crippen LogP contribution in [0.1, 0.15) is 67.4 Å². The Morgan fingerprint density at radius 3 is 2.47 bits per heavy atom. The number of rotatable bonds is 6. The molecule has 0 unspecified atom stereocenters. The zero-order valence-corrected chi connectivity index (χ0v) is 19.2. The first-order valence-corrected chi connectivity index (χ1v) is 12.2. The molecule has 3 fully saturated rings. The van der Waals surface area contributed by atoms with E-state index in [0.717, 1.165) is 77.3 Å². The summed E-state index contributed by atoms with van der Waals surface area (Å²) >= 11 is 0. The number of hydrogen-bond acceptors (Lipinski definition) is 6. The van der Waals surface area contributed by atoms with Crippen LogP contribution in [-0.4, -0.2) is 78.6 Å². The predicted octanol–water partition coefficient (Wildman–Crippen LogP) is 2.01. The number of likely N-dealkylation sites (tertiary alicyclic amines) is 1. The molecule has 32 heavy (non-hydrogen) atoms. The van der Waals surface area contributed by atoms with Gasteiger partial charge in [-0.15, -0.1) is 0 Å². The van der Waals surface area contributed by atoms with Gasteiger partial charge in [-0.2, -0.15) is 0 Å². The minimum Gasteiger partial charge on any atom is -0.383 e. The topological polar surface area (TPSA) is 101 Å². The van der Waals surface area contributed by atoms with E-state index in [0.29, 0.717) is 11.4 Å². The van der Waals surface area contributed by atoms with Crippen LogP contribution >= 0.6 is 0 Å². The highest BCUT2D eigenvalue weighted by molar-refractivity contribution is 5.98. The van der Waals surface area contributed by atoms with Gasteiger partial charge in [0.05, 0.1) is 18.8 Å². The van der Waals surface area contributed by atoms with Crippen molar-refractivity contribution in [2.75, 3.05) is 51.7 Å². The standard InChI is InChI=1S/C24H37N5O3/c1-17(16-28-12-14-32-15-13-28)24(31)29-10-8-18(9-11-29)21-7-6-20(22(25)27-21)23(30)26-19-4-2-3-5-19/h6-7,17-19H,2-5,8-16H2,1H3,(H2,25,27)(H,26,30)/t17-/m1/s1. The molecule has 0 spiro atoms. The quantitative estimate of drug-likeness (QED) is 0.698. The van der Waals surface area contributed by atoms with E-state index in [1.807, 2.05) is 24.0 Å². The largest absolute Gasteiger partial charge is 0.383 e. The van der Waals surface area contributed by atoms with Crippen molar-refractivity contribution in [2.45, 2.75) is 57.4 Å². The molecule has 1 aliphatic carbocycles. The average Bonchev–Trinajstić information content (AvgIpc) is 3.32. The number of ether oxygens (including phenoxy) is 1. The van der Waals surface area contributed by atoms with E-state index in [2.05, 4.69) is 15.2 Å². The number of morpholine rings is 1. The maximum atomic E-state index is 12.9. The Balaban J connectivity index is 1.28. The minimum absolute atomic E-state index is 0.00363. The summed E-state index contributed by atoms with van der Waals surface area (Å²) in [5.74, 6) is 0.680. The number of nitrogens with two attached hydrogens (primary N) is 1. The van der Waals surface area contributed by atoms with Crippen molar-refractivity contribution in [1.82, 2.24) is 20.1 Å². The van der Waals surface area contributed by atoms with Gasteiger partial charge in [0.2, 0.25) is 5.91 Å². The number of carbonyl (C=O) groups excluding carboxylic acids is 2. The summed E-state index contributed by atoms with van der Waals surface area (Å²) in [4.78, 5) is 34.3. The van der Waals surface area contributed by atoms with Crippen LogP contribution in [0, 0.1) is 5.92 Å². The third kappa shape index (κ3) is 5.59. The average molecular weight is 444 g/mol. The van der Waals surface area contributed by atoms with Crippen LogP contribution in [0.5, 0.6) is 0 Å². The smallest absolute Gasteiger partial charge is 0.255 e. The number of nitrogens with one attached hydrogen (secondary N) is 1. The Kier molecular flexibility index (Phi) is 7.63. The Hall–Kier alpha value is -2.19. The molecule has 8 nitrogen and oxygen atoms in total. The Morgan fingerprint density at radius 1 is 1.12 bits per heavy atom. The number of pyridine rings is 1. The molecule has 3 N–H and O–H groups in total. The van der Waals surface area contributed by atoms with E-state index in [9.17, 15) is 9.59 Å². The van der Waals surface area contributed by atoms with E-state index in [-0.39, 0.29) is 29.7 Å². The summed E-state index contributed by atoms with van der Waals surface area (Å²) in [5, 5.41) is 3.08. The summed E-state index contributed by atoms with van der Waals surface area (Å²) in [5.41, 5.74) is 7.54. The summed E-state index contributed by atoms with van der Waals surface area (Å²) in [6, 6.07) is 4.00. The van der Waals surface area contributed by atoms with Crippen LogP contribution in [0.4, 0.5) is 5.82 Å². The molecule has 3 aliphatic rings. The fourth-order valence-electron chi connectivity index (χ4n) is 5.20. The number of carbonyl (C=O) groups is 2. The third-order valence-electron chi connectivity index (χ3n) is 7.16. The summed E-state index contributed by atoms with van der Waals surface area (Å²) in [6.45, 7) is 7.62. The lowest BCUT2D eigenvalue weighted by atomic mass is 9.92.